The number of amides is 3. The van der Waals surface area contributed by atoms with E-state index >= 15 is 0 Å². The first kappa shape index (κ1) is 80.8. The van der Waals surface area contributed by atoms with E-state index in [2.05, 4.69) is 28.6 Å². The van der Waals surface area contributed by atoms with Gasteiger partial charge in [0.15, 0.2) is 5.12 Å². The molecule has 3 amide bonds. The van der Waals surface area contributed by atoms with Crippen LogP contribution < -0.4 is 16.0 Å². The minimum atomic E-state index is -1.18. The number of aliphatic carboxylic acids is 3. The third kappa shape index (κ3) is 48.8. The van der Waals surface area contributed by atoms with Gasteiger partial charge in [-0.2, -0.15) is 0 Å². The Morgan fingerprint density at radius 3 is 1.40 bits per heavy atom. The zero-order valence-electron chi connectivity index (χ0n) is 50.2. The summed E-state index contributed by atoms with van der Waals surface area (Å²) in [6.45, 7) is 8.18. The molecule has 0 aliphatic heterocycles. The van der Waals surface area contributed by atoms with E-state index in [1.54, 1.807) is 13.8 Å². The van der Waals surface area contributed by atoms with Crippen molar-refractivity contribution in [3.05, 3.63) is 0 Å². The van der Waals surface area contributed by atoms with Gasteiger partial charge < -0.3 is 50.2 Å². The molecule has 0 aromatic carbocycles. The van der Waals surface area contributed by atoms with Crippen LogP contribution in [0.15, 0.2) is 0 Å². The maximum atomic E-state index is 12.9. The molecule has 0 aromatic heterocycles. The number of unbranched alkanes of at least 4 members (excludes halogenated alkanes) is 12. The van der Waals surface area contributed by atoms with Gasteiger partial charge in [-0.3, -0.25) is 47.9 Å². The van der Waals surface area contributed by atoms with Crippen LogP contribution in [-0.2, 0) is 71.7 Å². The Morgan fingerprint density at radius 2 is 0.905 bits per heavy atom. The van der Waals surface area contributed by atoms with Crippen molar-refractivity contribution in [1.29, 1.82) is 0 Å². The van der Waals surface area contributed by atoms with Crippen LogP contribution in [0.25, 0.3) is 0 Å². The van der Waals surface area contributed by atoms with Gasteiger partial charge in [-0.25, -0.2) is 4.79 Å². The number of carbonyl (C=O) groups is 11. The Balaban J connectivity index is 3.95. The zero-order valence-corrected chi connectivity index (χ0v) is 54.3. The molecule has 6 N–H and O–H groups in total. The number of hydrogen-bond donors (Lipinski definition) is 7. The molecule has 0 radical (unpaired) electrons. The Labute approximate surface area is 519 Å². The lowest BCUT2D eigenvalue weighted by molar-refractivity contribution is -0.144. The lowest BCUT2D eigenvalue weighted by atomic mass is 9.92. The zero-order chi connectivity index (χ0) is 62.8. The number of hydrogen-bond acceptors (Lipinski definition) is 19. The van der Waals surface area contributed by atoms with Gasteiger partial charge in [-0.1, -0.05) is 135 Å². The van der Waals surface area contributed by atoms with E-state index in [-0.39, 0.29) is 169 Å². The summed E-state index contributed by atoms with van der Waals surface area (Å²) in [5, 5.41) is 35.8. The summed E-state index contributed by atoms with van der Waals surface area (Å²) in [5.41, 5.74) is 0. The van der Waals surface area contributed by atoms with E-state index in [0.717, 1.165) is 64.2 Å². The lowest BCUT2D eigenvalue weighted by Gasteiger charge is -2.17. The highest BCUT2D eigenvalue weighted by molar-refractivity contribution is 8.77. The molecule has 0 spiro atoms. The van der Waals surface area contributed by atoms with Crippen LogP contribution in [0.5, 0.6) is 0 Å². The van der Waals surface area contributed by atoms with Crippen LogP contribution in [0.1, 0.15) is 175 Å². The summed E-state index contributed by atoms with van der Waals surface area (Å²) in [6.07, 6.45) is 14.7. The molecule has 0 bridgehead atoms. The predicted octanol–water partition coefficient (Wildman–Crippen LogP) is 8.65. The minimum Gasteiger partial charge on any atom is -0.481 e. The molecule has 84 heavy (non-hydrogen) atoms. The van der Waals surface area contributed by atoms with Crippen molar-refractivity contribution in [3.63, 3.8) is 0 Å². The molecule has 0 rings (SSSR count). The van der Waals surface area contributed by atoms with Gasteiger partial charge in [-0.15, -0.1) is 12.6 Å². The monoisotopic (exact) mass is 1290 g/mol. The van der Waals surface area contributed by atoms with Gasteiger partial charge in [0.1, 0.15) is 42.4 Å². The van der Waals surface area contributed by atoms with E-state index < -0.39 is 41.7 Å². The molecule has 0 aromatic rings. The molecular weight excluding hydrogens is 1190 g/mol. The highest BCUT2D eigenvalue weighted by Gasteiger charge is 2.26. The topological polar surface area (TPSA) is 321 Å². The Kier molecular flexibility index (Phi) is 51.9. The molecule has 0 aliphatic carbocycles. The number of carboxylic acid groups (broad SMARTS) is 3. The fourth-order valence-corrected chi connectivity index (χ4v) is 13.6. The van der Waals surface area contributed by atoms with Gasteiger partial charge in [0, 0.05) is 105 Å². The molecule has 0 saturated heterocycles. The standard InChI is InChI=1S/C58H99N3O18S5/c1-42(39-82-84-41-47(45(4)62)35-51(65)43(2)38-81-83-40-44(3)58(75)80)50(64)34-46(56(71)72)20-17-18-26-59-53(67)36-79-33-31-77-29-27-60-54(68)37-78-32-30-76-28-19-21-48(63)24-25-49(57(73)74)61-52(66)22-15-13-11-9-7-5-6-8-10-12-14-16-23-55(69)70/h42-44,46-47,49H,5-41H2,1-4H3,(H,59,67)(H,60,68)(H,61,66)(H,69,70)(H,71,72)(H,73,74)(H,75,80)/t42-,43-,44-,46+,47-,49-/m0/s1. The smallest absolute Gasteiger partial charge is 0.326 e. The number of thiol groups is 1. The SMILES string of the molecule is CC(=O)[C@H](CSSC[C@H](C)C(=O)C[C@@H](CCCCNC(=O)COCCOCCNC(=O)COCCOCCCC(=O)CC[C@H](NC(=O)CCCCCCCCCCCCCCC(=O)O)C(=O)O)C(=O)O)CC(=O)[C@@H](C)CSSC[C@H](C)C(=O)S. The molecule has 26 heteroatoms. The quantitative estimate of drug-likeness (QED) is 0.0170. The first-order valence-electron chi connectivity index (χ1n) is 29.7. The van der Waals surface area contributed by atoms with Crippen molar-refractivity contribution in [2.45, 2.75) is 181 Å². The van der Waals surface area contributed by atoms with Gasteiger partial charge in [0.05, 0.1) is 39.0 Å². The summed E-state index contributed by atoms with van der Waals surface area (Å²) in [5.74, 6) is -4.47. The second-order valence-corrected chi connectivity index (χ2v) is 26.7. The maximum absolute atomic E-state index is 12.9. The van der Waals surface area contributed by atoms with Crippen LogP contribution in [0.4, 0.5) is 0 Å². The summed E-state index contributed by atoms with van der Waals surface area (Å²) in [7, 11) is 5.88. The highest BCUT2D eigenvalue weighted by atomic mass is 33.1. The molecule has 0 unspecified atom stereocenters. The van der Waals surface area contributed by atoms with Crippen LogP contribution in [-0.4, -0.2) is 174 Å². The number of ether oxygens (including phenoxy) is 4. The van der Waals surface area contributed by atoms with E-state index in [1.165, 1.54) is 56.5 Å². The molecular formula is C58H99N3O18S5. The summed E-state index contributed by atoms with van der Waals surface area (Å²) in [6, 6.07) is -1.13. The molecule has 0 aliphatic rings. The van der Waals surface area contributed by atoms with Gasteiger partial charge >= 0.3 is 17.9 Å². The van der Waals surface area contributed by atoms with Gasteiger partial charge in [0.2, 0.25) is 17.7 Å². The first-order valence-corrected chi connectivity index (χ1v) is 35.2. The third-order valence-corrected chi connectivity index (χ3v) is 19.3. The van der Waals surface area contributed by atoms with Crippen LogP contribution in [0.3, 0.4) is 0 Å². The average molecular weight is 1290 g/mol. The molecule has 0 saturated carbocycles. The number of Topliss-reactive ketones (excluding diaryl/α,β-unsaturated/α-hetero) is 4. The Bertz CT molecular complexity index is 1920. The van der Waals surface area contributed by atoms with E-state index in [0.29, 0.717) is 55.2 Å². The van der Waals surface area contributed by atoms with E-state index in [1.807, 2.05) is 6.92 Å². The number of carboxylic acids is 3. The Morgan fingerprint density at radius 1 is 0.440 bits per heavy atom. The van der Waals surface area contributed by atoms with Crippen LogP contribution >= 0.6 is 55.8 Å². The number of ketones is 4. The summed E-state index contributed by atoms with van der Waals surface area (Å²) < 4.78 is 21.6. The highest BCUT2D eigenvalue weighted by Crippen LogP contribution is 2.31. The molecule has 21 nitrogen and oxygen atoms in total. The minimum absolute atomic E-state index is 0.00160. The fraction of sp³-hybridized carbons (Fsp3) is 0.810. The average Bonchev–Trinajstić information content (AvgIpc) is 3.54. The lowest BCUT2D eigenvalue weighted by Crippen LogP contribution is -2.41. The molecule has 0 heterocycles. The fourth-order valence-electron chi connectivity index (χ4n) is 7.89. The van der Waals surface area contributed by atoms with Crippen LogP contribution in [0.2, 0.25) is 0 Å². The second-order valence-electron chi connectivity index (χ2n) is 21.2. The molecule has 0 fully saturated rings. The summed E-state index contributed by atoms with van der Waals surface area (Å²) >= 11 is 3.84. The number of rotatable bonds is 61. The van der Waals surface area contributed by atoms with Crippen molar-refractivity contribution in [2.24, 2.45) is 29.6 Å². The predicted molar refractivity (Wildman–Crippen MR) is 334 cm³/mol. The van der Waals surface area contributed by atoms with Crippen molar-refractivity contribution in [3.8, 4) is 0 Å². The van der Waals surface area contributed by atoms with Crippen molar-refractivity contribution in [2.75, 3.05) is 89.0 Å². The van der Waals surface area contributed by atoms with Crippen molar-refractivity contribution < 1.29 is 87.0 Å². The van der Waals surface area contributed by atoms with Gasteiger partial charge in [-0.05, 0) is 45.4 Å². The van der Waals surface area contributed by atoms with E-state index in [9.17, 15) is 63.0 Å². The van der Waals surface area contributed by atoms with Crippen LogP contribution in [0, 0.1) is 29.6 Å². The largest absolute Gasteiger partial charge is 0.481 e. The number of carbonyl (C=O) groups excluding carboxylic acids is 8. The van der Waals surface area contributed by atoms with Crippen molar-refractivity contribution >= 4 is 120 Å². The number of nitrogens with one attached hydrogen (secondary N) is 3. The first-order chi connectivity index (χ1) is 40.1. The van der Waals surface area contributed by atoms with Crippen molar-refractivity contribution in [1.82, 2.24) is 16.0 Å². The summed E-state index contributed by atoms with van der Waals surface area (Å²) in [4.78, 5) is 133. The molecule has 6 atom stereocenters. The van der Waals surface area contributed by atoms with E-state index in [4.69, 9.17) is 24.1 Å². The third-order valence-electron chi connectivity index (χ3n) is 13.4. The molecule has 484 valence electrons. The normalized spacial score (nSPS) is 13.4. The second kappa shape index (κ2) is 54.0. The maximum Gasteiger partial charge on any atom is 0.326 e. The van der Waals surface area contributed by atoms with Gasteiger partial charge in [0.25, 0.3) is 0 Å². The Hall–Kier alpha value is -3.24.